The van der Waals surface area contributed by atoms with Crippen molar-refractivity contribution in [1.29, 1.82) is 0 Å². The average Bonchev–Trinajstić information content (AvgIpc) is 2.66. The van der Waals surface area contributed by atoms with Crippen LogP contribution in [0.25, 0.3) is 0 Å². The normalized spacial score (nSPS) is 9.76. The van der Waals surface area contributed by atoms with Crippen LogP contribution in [0.15, 0.2) is 0 Å². The van der Waals surface area contributed by atoms with E-state index in [1.807, 2.05) is 0 Å². The largest absolute Gasteiger partial charge is 0.466 e. The fourth-order valence-electron chi connectivity index (χ4n) is 0.972. The highest BCUT2D eigenvalue weighted by atomic mass is 32.1. The van der Waals surface area contributed by atoms with E-state index < -0.39 is 12.1 Å². The number of amides is 1. The Morgan fingerprint density at radius 3 is 2.65 bits per heavy atom. The van der Waals surface area contributed by atoms with Crippen LogP contribution in [0.2, 0.25) is 0 Å². The molecule has 0 saturated carbocycles. The van der Waals surface area contributed by atoms with Crippen molar-refractivity contribution in [2.75, 3.05) is 18.5 Å². The van der Waals surface area contributed by atoms with E-state index in [9.17, 15) is 9.59 Å². The van der Waals surface area contributed by atoms with E-state index in [-0.39, 0.29) is 13.0 Å². The highest BCUT2D eigenvalue weighted by Gasteiger charge is 2.11. The molecule has 1 aromatic heterocycles. The third kappa shape index (κ3) is 4.77. The van der Waals surface area contributed by atoms with E-state index >= 15 is 0 Å². The number of anilines is 1. The molecule has 0 radical (unpaired) electrons. The second kappa shape index (κ2) is 6.79. The van der Waals surface area contributed by atoms with Gasteiger partial charge in [-0.2, -0.15) is 4.37 Å². The van der Waals surface area contributed by atoms with Gasteiger partial charge in [0.15, 0.2) is 5.82 Å². The third-order valence-electron chi connectivity index (χ3n) is 1.56. The number of carbonyl (C=O) groups is 2. The van der Waals surface area contributed by atoms with Crippen LogP contribution in [0.5, 0.6) is 0 Å². The Morgan fingerprint density at radius 2 is 2.00 bits per heavy atom. The van der Waals surface area contributed by atoms with Crippen LogP contribution in [0.4, 0.5) is 9.93 Å². The van der Waals surface area contributed by atoms with Crippen LogP contribution in [-0.2, 0) is 20.7 Å². The minimum absolute atomic E-state index is 0.00511. The first kappa shape index (κ1) is 13.4. The molecule has 8 heteroatoms. The quantitative estimate of drug-likeness (QED) is 0.799. The number of rotatable bonds is 5. The van der Waals surface area contributed by atoms with Gasteiger partial charge in [0.1, 0.15) is 6.42 Å². The van der Waals surface area contributed by atoms with Crippen molar-refractivity contribution in [1.82, 2.24) is 9.36 Å². The second-order valence-electron chi connectivity index (χ2n) is 2.84. The Bertz CT molecular complexity index is 359. The SMILES string of the molecule is CCOC(=O)Cc1nsc(NC(=O)OCC)n1. The smallest absolute Gasteiger partial charge is 0.413 e. The average molecular weight is 259 g/mol. The monoisotopic (exact) mass is 259 g/mol. The molecular weight excluding hydrogens is 246 g/mol. The van der Waals surface area contributed by atoms with Gasteiger partial charge in [-0.25, -0.2) is 9.78 Å². The van der Waals surface area contributed by atoms with E-state index in [2.05, 4.69) is 19.4 Å². The standard InChI is InChI=1S/C9H13N3O4S/c1-3-15-7(13)5-6-10-8(17-12-6)11-9(14)16-4-2/h3-5H2,1-2H3,(H,10,11,12,14). The van der Waals surface area contributed by atoms with Crippen molar-refractivity contribution in [2.45, 2.75) is 20.3 Å². The molecule has 0 aliphatic rings. The molecule has 0 fully saturated rings. The molecule has 17 heavy (non-hydrogen) atoms. The molecule has 1 heterocycles. The third-order valence-corrected chi connectivity index (χ3v) is 2.23. The predicted molar refractivity (Wildman–Crippen MR) is 60.9 cm³/mol. The number of esters is 1. The van der Waals surface area contributed by atoms with Crippen LogP contribution in [-0.4, -0.2) is 34.6 Å². The number of hydrogen-bond acceptors (Lipinski definition) is 7. The Labute approximate surface area is 102 Å². The van der Waals surface area contributed by atoms with Crippen molar-refractivity contribution in [3.63, 3.8) is 0 Å². The van der Waals surface area contributed by atoms with Gasteiger partial charge in [-0.1, -0.05) is 0 Å². The Morgan fingerprint density at radius 1 is 1.29 bits per heavy atom. The first-order valence-corrected chi connectivity index (χ1v) is 5.85. The predicted octanol–water partition coefficient (Wildman–Crippen LogP) is 1.21. The summed E-state index contributed by atoms with van der Waals surface area (Å²) in [5.41, 5.74) is 0. The summed E-state index contributed by atoms with van der Waals surface area (Å²) in [6.07, 6.45) is -0.596. The summed E-state index contributed by atoms with van der Waals surface area (Å²) in [5, 5.41) is 2.69. The van der Waals surface area contributed by atoms with Gasteiger partial charge in [-0.3, -0.25) is 10.1 Å². The topological polar surface area (TPSA) is 90.4 Å². The molecule has 0 aliphatic heterocycles. The number of nitrogens with zero attached hydrogens (tertiary/aromatic N) is 2. The van der Waals surface area contributed by atoms with Crippen LogP contribution < -0.4 is 5.32 Å². The van der Waals surface area contributed by atoms with Crippen molar-refractivity contribution < 1.29 is 19.1 Å². The van der Waals surface area contributed by atoms with Gasteiger partial charge >= 0.3 is 12.1 Å². The first-order valence-electron chi connectivity index (χ1n) is 5.07. The van der Waals surface area contributed by atoms with E-state index in [0.29, 0.717) is 17.6 Å². The van der Waals surface area contributed by atoms with E-state index in [1.54, 1.807) is 13.8 Å². The zero-order valence-corrected chi connectivity index (χ0v) is 10.4. The fourth-order valence-corrected chi connectivity index (χ4v) is 1.54. The maximum absolute atomic E-state index is 11.1. The maximum Gasteiger partial charge on any atom is 0.413 e. The number of nitrogens with one attached hydrogen (secondary N) is 1. The highest BCUT2D eigenvalue weighted by Crippen LogP contribution is 2.11. The molecule has 0 atom stereocenters. The van der Waals surface area contributed by atoms with Gasteiger partial charge in [0.05, 0.1) is 13.2 Å². The Kier molecular flexibility index (Phi) is 5.34. The minimum Gasteiger partial charge on any atom is -0.466 e. The van der Waals surface area contributed by atoms with Gasteiger partial charge < -0.3 is 9.47 Å². The molecule has 0 aliphatic carbocycles. The lowest BCUT2D eigenvalue weighted by molar-refractivity contribution is -0.142. The molecule has 1 rings (SSSR count). The van der Waals surface area contributed by atoms with Crippen LogP contribution >= 0.6 is 11.5 Å². The molecule has 1 N–H and O–H groups in total. The zero-order valence-electron chi connectivity index (χ0n) is 9.56. The fraction of sp³-hybridized carbons (Fsp3) is 0.556. The molecule has 1 aromatic rings. The van der Waals surface area contributed by atoms with Crippen LogP contribution in [0.1, 0.15) is 19.7 Å². The summed E-state index contributed by atoms with van der Waals surface area (Å²) in [7, 11) is 0. The molecule has 0 aromatic carbocycles. The molecule has 0 unspecified atom stereocenters. The van der Waals surface area contributed by atoms with Crippen LogP contribution in [0, 0.1) is 0 Å². The number of carbonyl (C=O) groups excluding carboxylic acids is 2. The van der Waals surface area contributed by atoms with E-state index in [1.165, 1.54) is 0 Å². The van der Waals surface area contributed by atoms with Crippen molar-refractivity contribution in [3.8, 4) is 0 Å². The van der Waals surface area contributed by atoms with Crippen LogP contribution in [0.3, 0.4) is 0 Å². The zero-order chi connectivity index (χ0) is 12.7. The summed E-state index contributed by atoms with van der Waals surface area (Å²) in [6, 6.07) is 0. The van der Waals surface area contributed by atoms with Gasteiger partial charge in [-0.05, 0) is 13.8 Å². The summed E-state index contributed by atoms with van der Waals surface area (Å²) in [6.45, 7) is 4.02. The molecule has 0 saturated heterocycles. The summed E-state index contributed by atoms with van der Waals surface area (Å²) < 4.78 is 13.3. The Hall–Kier alpha value is -1.70. The van der Waals surface area contributed by atoms with Crippen molar-refractivity contribution >= 4 is 28.7 Å². The van der Waals surface area contributed by atoms with Gasteiger partial charge in [0.2, 0.25) is 5.13 Å². The lowest BCUT2D eigenvalue weighted by atomic mass is 10.4. The molecule has 7 nitrogen and oxygen atoms in total. The van der Waals surface area contributed by atoms with Crippen molar-refractivity contribution in [3.05, 3.63) is 5.82 Å². The Balaban J connectivity index is 2.47. The maximum atomic E-state index is 11.1. The lowest BCUT2D eigenvalue weighted by Crippen LogP contribution is -2.13. The van der Waals surface area contributed by atoms with Gasteiger partial charge in [-0.15, -0.1) is 0 Å². The molecular formula is C9H13N3O4S. The summed E-state index contributed by atoms with van der Waals surface area (Å²) in [5.74, 6) is -0.0757. The van der Waals surface area contributed by atoms with E-state index in [4.69, 9.17) is 4.74 Å². The molecule has 1 amide bonds. The summed E-state index contributed by atoms with van der Waals surface area (Å²) in [4.78, 5) is 26.1. The molecule has 94 valence electrons. The highest BCUT2D eigenvalue weighted by molar-refractivity contribution is 7.09. The number of hydrogen-bond donors (Lipinski definition) is 1. The number of aromatic nitrogens is 2. The molecule has 0 spiro atoms. The lowest BCUT2D eigenvalue weighted by Gasteiger charge is -1.99. The number of ether oxygens (including phenoxy) is 2. The minimum atomic E-state index is -0.591. The van der Waals surface area contributed by atoms with Gasteiger partial charge in [0, 0.05) is 11.5 Å². The first-order chi connectivity index (χ1) is 8.15. The summed E-state index contributed by atoms with van der Waals surface area (Å²) >= 11 is 0.983. The second-order valence-corrected chi connectivity index (χ2v) is 3.59. The molecule has 0 bridgehead atoms. The van der Waals surface area contributed by atoms with Crippen molar-refractivity contribution in [2.24, 2.45) is 0 Å². The van der Waals surface area contributed by atoms with Gasteiger partial charge in [0.25, 0.3) is 0 Å². The van der Waals surface area contributed by atoms with E-state index in [0.717, 1.165) is 11.5 Å².